The summed E-state index contributed by atoms with van der Waals surface area (Å²) in [5.74, 6) is 1.66. The fourth-order valence-corrected chi connectivity index (χ4v) is 3.49. The number of para-hydroxylation sites is 1. The lowest BCUT2D eigenvalue weighted by Crippen LogP contribution is -2.37. The molecule has 0 spiro atoms. The van der Waals surface area contributed by atoms with Crippen LogP contribution in [0.15, 0.2) is 34.7 Å². The van der Waals surface area contributed by atoms with Crippen LogP contribution in [0, 0.1) is 0 Å². The van der Waals surface area contributed by atoms with Gasteiger partial charge < -0.3 is 9.32 Å². The Morgan fingerprint density at radius 2 is 1.82 bits per heavy atom. The van der Waals surface area contributed by atoms with Crippen molar-refractivity contribution >= 4 is 11.0 Å². The summed E-state index contributed by atoms with van der Waals surface area (Å²) in [5, 5.41) is 13.8. The molecule has 7 heteroatoms. The molecule has 152 valence electrons. The number of rotatable bonds is 8. The number of hydrogen-bond acceptors (Lipinski definition) is 6. The first-order chi connectivity index (χ1) is 13.3. The summed E-state index contributed by atoms with van der Waals surface area (Å²) < 4.78 is 8.14. The molecule has 3 aromatic rings. The molecule has 0 radical (unpaired) electrons. The first-order valence-electron chi connectivity index (χ1n) is 10.0. The average molecular weight is 385 g/mol. The minimum absolute atomic E-state index is 0.155. The summed E-state index contributed by atoms with van der Waals surface area (Å²) in [4.78, 5) is 4.70. The van der Waals surface area contributed by atoms with Gasteiger partial charge >= 0.3 is 0 Å². The standard InChI is InChI=1S/C21H32N6O/c1-7-26(8-2)14-13-25(6)19(20-22-23-24-27(20)21(3,4)5)18-15-16-11-9-10-12-17(16)28-18/h9-12,15,19H,7-8,13-14H2,1-6H3. The SMILES string of the molecule is CCN(CC)CCN(C)C(c1cc2ccccc2o1)c1nnnn1C(C)(C)C. The van der Waals surface area contributed by atoms with Gasteiger partial charge in [0, 0.05) is 18.5 Å². The minimum atomic E-state index is -0.219. The molecule has 0 aliphatic carbocycles. The zero-order valence-corrected chi connectivity index (χ0v) is 17.9. The quantitative estimate of drug-likeness (QED) is 0.592. The van der Waals surface area contributed by atoms with Crippen LogP contribution in [-0.4, -0.2) is 63.2 Å². The van der Waals surface area contributed by atoms with Crippen molar-refractivity contribution in [2.75, 3.05) is 33.2 Å². The Balaban J connectivity index is 2.00. The molecular weight excluding hydrogens is 352 g/mol. The second-order valence-electron chi connectivity index (χ2n) is 8.22. The summed E-state index contributed by atoms with van der Waals surface area (Å²) in [6.07, 6.45) is 0. The van der Waals surface area contributed by atoms with Crippen LogP contribution in [0.2, 0.25) is 0 Å². The largest absolute Gasteiger partial charge is 0.459 e. The molecule has 1 aromatic carbocycles. The van der Waals surface area contributed by atoms with Crippen LogP contribution in [0.1, 0.15) is 52.2 Å². The van der Waals surface area contributed by atoms with E-state index in [2.05, 4.69) is 79.1 Å². The van der Waals surface area contributed by atoms with E-state index in [1.165, 1.54) is 0 Å². The van der Waals surface area contributed by atoms with Crippen LogP contribution < -0.4 is 0 Å². The number of benzene rings is 1. The third kappa shape index (κ3) is 4.25. The minimum Gasteiger partial charge on any atom is -0.459 e. The molecule has 0 aliphatic rings. The van der Waals surface area contributed by atoms with Crippen molar-refractivity contribution in [1.29, 1.82) is 0 Å². The molecule has 0 saturated carbocycles. The monoisotopic (exact) mass is 384 g/mol. The molecule has 0 fully saturated rings. The molecule has 28 heavy (non-hydrogen) atoms. The van der Waals surface area contributed by atoms with Gasteiger partial charge in [0.15, 0.2) is 5.82 Å². The first kappa shape index (κ1) is 20.5. The van der Waals surface area contributed by atoms with Crippen molar-refractivity contribution in [3.05, 3.63) is 41.9 Å². The molecule has 1 unspecified atom stereocenters. The van der Waals surface area contributed by atoms with Crippen LogP contribution in [0.5, 0.6) is 0 Å². The third-order valence-electron chi connectivity index (χ3n) is 5.19. The van der Waals surface area contributed by atoms with E-state index in [0.29, 0.717) is 0 Å². The molecule has 7 nitrogen and oxygen atoms in total. The third-order valence-corrected chi connectivity index (χ3v) is 5.19. The average Bonchev–Trinajstić information content (AvgIpc) is 3.29. The molecule has 3 rings (SSSR count). The first-order valence-corrected chi connectivity index (χ1v) is 10.0. The van der Waals surface area contributed by atoms with Gasteiger partial charge in [-0.25, -0.2) is 4.68 Å². The number of likely N-dealkylation sites (N-methyl/N-ethyl adjacent to an activating group) is 2. The summed E-state index contributed by atoms with van der Waals surface area (Å²) in [6.45, 7) is 14.7. The van der Waals surface area contributed by atoms with Crippen LogP contribution >= 0.6 is 0 Å². The highest BCUT2D eigenvalue weighted by Gasteiger charge is 2.32. The van der Waals surface area contributed by atoms with Crippen molar-refractivity contribution < 1.29 is 4.42 Å². The lowest BCUT2D eigenvalue weighted by atomic mass is 10.1. The Hall–Kier alpha value is -2.25. The predicted molar refractivity (Wildman–Crippen MR) is 111 cm³/mol. The molecule has 0 N–H and O–H groups in total. The predicted octanol–water partition coefficient (Wildman–Crippen LogP) is 3.54. The summed E-state index contributed by atoms with van der Waals surface area (Å²) in [5.41, 5.74) is 0.664. The highest BCUT2D eigenvalue weighted by Crippen LogP contribution is 2.32. The number of furan rings is 1. The molecule has 2 heterocycles. The van der Waals surface area contributed by atoms with E-state index < -0.39 is 0 Å². The maximum Gasteiger partial charge on any atom is 0.176 e. The van der Waals surface area contributed by atoms with Crippen LogP contribution in [0.4, 0.5) is 0 Å². The van der Waals surface area contributed by atoms with Crippen molar-refractivity contribution in [1.82, 2.24) is 30.0 Å². The van der Waals surface area contributed by atoms with Gasteiger partial charge in [-0.1, -0.05) is 32.0 Å². The van der Waals surface area contributed by atoms with Crippen LogP contribution in [0.25, 0.3) is 11.0 Å². The van der Waals surface area contributed by atoms with E-state index in [9.17, 15) is 0 Å². The Morgan fingerprint density at radius 1 is 1.11 bits per heavy atom. The van der Waals surface area contributed by atoms with Gasteiger partial charge in [-0.05, 0) is 63.5 Å². The Labute approximate surface area is 167 Å². The van der Waals surface area contributed by atoms with Crippen molar-refractivity contribution in [3.8, 4) is 0 Å². The van der Waals surface area contributed by atoms with E-state index >= 15 is 0 Å². The van der Waals surface area contributed by atoms with Crippen molar-refractivity contribution in [2.24, 2.45) is 0 Å². The van der Waals surface area contributed by atoms with Crippen molar-refractivity contribution in [2.45, 2.75) is 46.2 Å². The van der Waals surface area contributed by atoms with Gasteiger partial charge in [0.1, 0.15) is 17.4 Å². The molecule has 0 saturated heterocycles. The summed E-state index contributed by atoms with van der Waals surface area (Å²) >= 11 is 0. The number of tetrazole rings is 1. The second-order valence-corrected chi connectivity index (χ2v) is 8.22. The topological polar surface area (TPSA) is 63.2 Å². The zero-order valence-electron chi connectivity index (χ0n) is 17.9. The molecular formula is C21H32N6O. The molecule has 1 atom stereocenters. The normalized spacial score (nSPS) is 13.7. The zero-order chi connectivity index (χ0) is 20.3. The summed E-state index contributed by atoms with van der Waals surface area (Å²) in [7, 11) is 2.11. The fourth-order valence-electron chi connectivity index (χ4n) is 3.49. The molecule has 0 amide bonds. The van der Waals surface area contributed by atoms with Crippen molar-refractivity contribution in [3.63, 3.8) is 0 Å². The van der Waals surface area contributed by atoms with Crippen LogP contribution in [0.3, 0.4) is 0 Å². The Kier molecular flexibility index (Phi) is 6.15. The van der Waals surface area contributed by atoms with E-state index in [1.54, 1.807) is 0 Å². The number of fused-ring (bicyclic) bond motifs is 1. The van der Waals surface area contributed by atoms with Crippen LogP contribution in [-0.2, 0) is 5.54 Å². The second kappa shape index (κ2) is 8.41. The Bertz CT molecular complexity index is 857. The van der Waals surface area contributed by atoms with E-state index in [0.717, 1.165) is 48.7 Å². The Morgan fingerprint density at radius 3 is 2.46 bits per heavy atom. The van der Waals surface area contributed by atoms with Gasteiger partial charge in [-0.3, -0.25) is 4.90 Å². The summed E-state index contributed by atoms with van der Waals surface area (Å²) in [6, 6.07) is 10.0. The molecule has 0 bridgehead atoms. The fraction of sp³-hybridized carbons (Fsp3) is 0.571. The highest BCUT2D eigenvalue weighted by molar-refractivity contribution is 5.77. The van der Waals surface area contributed by atoms with Gasteiger partial charge in [-0.15, -0.1) is 5.10 Å². The number of hydrogen-bond donors (Lipinski definition) is 0. The molecule has 2 aromatic heterocycles. The maximum absolute atomic E-state index is 6.24. The lowest BCUT2D eigenvalue weighted by Gasteiger charge is -2.30. The van der Waals surface area contributed by atoms with E-state index in [1.807, 2.05) is 22.9 Å². The van der Waals surface area contributed by atoms with E-state index in [-0.39, 0.29) is 11.6 Å². The molecule has 0 aliphatic heterocycles. The number of nitrogens with zero attached hydrogens (tertiary/aromatic N) is 6. The number of aromatic nitrogens is 4. The smallest absolute Gasteiger partial charge is 0.176 e. The maximum atomic E-state index is 6.24. The van der Waals surface area contributed by atoms with Gasteiger partial charge in [-0.2, -0.15) is 0 Å². The van der Waals surface area contributed by atoms with Gasteiger partial charge in [0.05, 0.1) is 5.54 Å². The van der Waals surface area contributed by atoms with Gasteiger partial charge in [0.25, 0.3) is 0 Å². The highest BCUT2D eigenvalue weighted by atomic mass is 16.3. The lowest BCUT2D eigenvalue weighted by molar-refractivity contribution is 0.187. The van der Waals surface area contributed by atoms with Gasteiger partial charge in [0.2, 0.25) is 0 Å². The van der Waals surface area contributed by atoms with E-state index in [4.69, 9.17) is 4.42 Å².